The van der Waals surface area contributed by atoms with E-state index in [1.807, 2.05) is 12.1 Å². The first-order chi connectivity index (χ1) is 11.1. The summed E-state index contributed by atoms with van der Waals surface area (Å²) in [7, 11) is 0. The molecule has 0 aromatic heterocycles. The fraction of sp³-hybridized carbons (Fsp3) is 0.632. The highest BCUT2D eigenvalue weighted by atomic mass is 79.9. The maximum Gasteiger partial charge on any atom is 0.223 e. The molecule has 2 fully saturated rings. The second-order valence-electron chi connectivity index (χ2n) is 7.15. The molecular formula is C19H27BrN2O. The first-order valence-electron chi connectivity index (χ1n) is 8.88. The second kappa shape index (κ2) is 7.80. The van der Waals surface area contributed by atoms with E-state index in [-0.39, 0.29) is 0 Å². The predicted molar refractivity (Wildman–Crippen MR) is 97.1 cm³/mol. The number of amides is 1. The number of rotatable bonds is 6. The van der Waals surface area contributed by atoms with Gasteiger partial charge in [0.15, 0.2) is 0 Å². The SMILES string of the molecule is CC(CC(=O)N(Cc1cccc(Br)c1)C1CC1)C1CCNCC1. The van der Waals surface area contributed by atoms with E-state index in [9.17, 15) is 4.79 Å². The summed E-state index contributed by atoms with van der Waals surface area (Å²) in [5.74, 6) is 1.54. The zero-order chi connectivity index (χ0) is 16.2. The molecule has 23 heavy (non-hydrogen) atoms. The average molecular weight is 379 g/mol. The third-order valence-corrected chi connectivity index (χ3v) is 5.73. The zero-order valence-electron chi connectivity index (χ0n) is 13.9. The van der Waals surface area contributed by atoms with Crippen molar-refractivity contribution in [3.63, 3.8) is 0 Å². The van der Waals surface area contributed by atoms with Gasteiger partial charge in [0.2, 0.25) is 5.91 Å². The van der Waals surface area contributed by atoms with Crippen molar-refractivity contribution in [1.82, 2.24) is 10.2 Å². The van der Waals surface area contributed by atoms with Crippen molar-refractivity contribution in [3.05, 3.63) is 34.3 Å². The highest BCUT2D eigenvalue weighted by Gasteiger charge is 2.34. The number of benzene rings is 1. The van der Waals surface area contributed by atoms with Crippen LogP contribution in [-0.2, 0) is 11.3 Å². The maximum atomic E-state index is 12.9. The normalized spacial score (nSPS) is 20.3. The second-order valence-corrected chi connectivity index (χ2v) is 8.07. The molecule has 126 valence electrons. The number of hydrogen-bond acceptors (Lipinski definition) is 2. The molecule has 0 spiro atoms. The maximum absolute atomic E-state index is 12.9. The molecule has 1 aliphatic heterocycles. The molecular weight excluding hydrogens is 352 g/mol. The highest BCUT2D eigenvalue weighted by Crippen LogP contribution is 2.31. The monoisotopic (exact) mass is 378 g/mol. The molecule has 1 aromatic rings. The van der Waals surface area contributed by atoms with Gasteiger partial charge < -0.3 is 10.2 Å². The number of nitrogens with zero attached hydrogens (tertiary/aromatic N) is 1. The lowest BCUT2D eigenvalue weighted by Crippen LogP contribution is -2.36. The molecule has 1 heterocycles. The summed E-state index contributed by atoms with van der Waals surface area (Å²) in [6, 6.07) is 8.79. The Kier molecular flexibility index (Phi) is 5.76. The van der Waals surface area contributed by atoms with Crippen LogP contribution in [0.3, 0.4) is 0 Å². The lowest BCUT2D eigenvalue weighted by molar-refractivity contribution is -0.133. The number of piperidine rings is 1. The molecule has 1 saturated heterocycles. The molecule has 0 radical (unpaired) electrons. The minimum Gasteiger partial charge on any atom is -0.335 e. The van der Waals surface area contributed by atoms with Crippen molar-refractivity contribution >= 4 is 21.8 Å². The molecule has 1 unspecified atom stereocenters. The van der Waals surface area contributed by atoms with Gasteiger partial charge in [0.25, 0.3) is 0 Å². The van der Waals surface area contributed by atoms with Crippen molar-refractivity contribution in [2.24, 2.45) is 11.8 Å². The van der Waals surface area contributed by atoms with Gasteiger partial charge >= 0.3 is 0 Å². The molecule has 4 heteroatoms. The van der Waals surface area contributed by atoms with Crippen molar-refractivity contribution in [1.29, 1.82) is 0 Å². The average Bonchev–Trinajstić information content (AvgIpc) is 3.38. The largest absolute Gasteiger partial charge is 0.335 e. The van der Waals surface area contributed by atoms with Gasteiger partial charge in [-0.1, -0.05) is 35.0 Å². The smallest absolute Gasteiger partial charge is 0.223 e. The quantitative estimate of drug-likeness (QED) is 0.811. The van der Waals surface area contributed by atoms with E-state index in [0.717, 1.165) is 24.1 Å². The van der Waals surface area contributed by atoms with Crippen molar-refractivity contribution < 1.29 is 4.79 Å². The Morgan fingerprint density at radius 1 is 1.30 bits per heavy atom. The van der Waals surface area contributed by atoms with Gasteiger partial charge in [-0.3, -0.25) is 4.79 Å². The fourth-order valence-corrected chi connectivity index (χ4v) is 4.06. The number of hydrogen-bond donors (Lipinski definition) is 1. The van der Waals surface area contributed by atoms with E-state index in [2.05, 4.69) is 45.2 Å². The topological polar surface area (TPSA) is 32.3 Å². The Balaban J connectivity index is 1.60. The van der Waals surface area contributed by atoms with E-state index in [4.69, 9.17) is 0 Å². The Hall–Kier alpha value is -0.870. The van der Waals surface area contributed by atoms with E-state index in [0.29, 0.717) is 30.2 Å². The number of carbonyl (C=O) groups excluding carboxylic acids is 1. The van der Waals surface area contributed by atoms with Crippen LogP contribution < -0.4 is 5.32 Å². The van der Waals surface area contributed by atoms with Crippen LogP contribution in [0.2, 0.25) is 0 Å². The van der Waals surface area contributed by atoms with Gasteiger partial charge in [0.1, 0.15) is 0 Å². The van der Waals surface area contributed by atoms with E-state index in [1.165, 1.54) is 31.2 Å². The Morgan fingerprint density at radius 2 is 2.04 bits per heavy atom. The predicted octanol–water partition coefficient (Wildman–Crippen LogP) is 3.97. The molecule has 2 aliphatic rings. The summed E-state index contributed by atoms with van der Waals surface area (Å²) in [5, 5.41) is 3.41. The van der Waals surface area contributed by atoms with Gasteiger partial charge in [0, 0.05) is 23.5 Å². The van der Waals surface area contributed by atoms with Crippen LogP contribution in [0.1, 0.15) is 44.6 Å². The Labute approximate surface area is 148 Å². The molecule has 1 N–H and O–H groups in total. The first kappa shape index (κ1) is 17.0. The molecule has 3 rings (SSSR count). The van der Waals surface area contributed by atoms with Crippen LogP contribution >= 0.6 is 15.9 Å². The summed E-state index contributed by atoms with van der Waals surface area (Å²) in [5.41, 5.74) is 1.22. The van der Waals surface area contributed by atoms with E-state index < -0.39 is 0 Å². The van der Waals surface area contributed by atoms with Crippen molar-refractivity contribution in [2.75, 3.05) is 13.1 Å². The van der Waals surface area contributed by atoms with Crippen LogP contribution in [0.5, 0.6) is 0 Å². The van der Waals surface area contributed by atoms with Crippen molar-refractivity contribution in [2.45, 2.75) is 51.6 Å². The zero-order valence-corrected chi connectivity index (χ0v) is 15.5. The third kappa shape index (κ3) is 4.80. The van der Waals surface area contributed by atoms with Crippen LogP contribution in [0, 0.1) is 11.8 Å². The fourth-order valence-electron chi connectivity index (χ4n) is 3.61. The minimum atomic E-state index is 0.346. The summed E-state index contributed by atoms with van der Waals surface area (Å²) in [6.07, 6.45) is 5.46. The summed E-state index contributed by atoms with van der Waals surface area (Å²) < 4.78 is 1.08. The first-order valence-corrected chi connectivity index (χ1v) is 9.67. The molecule has 3 nitrogen and oxygen atoms in total. The van der Waals surface area contributed by atoms with Gasteiger partial charge in [-0.05, 0) is 68.3 Å². The molecule has 1 aliphatic carbocycles. The molecule has 1 amide bonds. The van der Waals surface area contributed by atoms with Crippen LogP contribution in [0.15, 0.2) is 28.7 Å². The standard InChI is InChI=1S/C19H27BrN2O/c1-14(16-7-9-21-10-8-16)11-19(23)22(18-5-6-18)13-15-3-2-4-17(20)12-15/h2-4,12,14,16,18,21H,5-11,13H2,1H3. The number of halogens is 1. The summed E-state index contributed by atoms with van der Waals surface area (Å²) in [6.45, 7) is 5.22. The third-order valence-electron chi connectivity index (χ3n) is 5.24. The van der Waals surface area contributed by atoms with Crippen LogP contribution in [0.4, 0.5) is 0 Å². The van der Waals surface area contributed by atoms with Gasteiger partial charge in [0.05, 0.1) is 0 Å². The highest BCUT2D eigenvalue weighted by molar-refractivity contribution is 9.10. The Morgan fingerprint density at radius 3 is 2.70 bits per heavy atom. The minimum absolute atomic E-state index is 0.346. The van der Waals surface area contributed by atoms with Gasteiger partial charge in [-0.2, -0.15) is 0 Å². The summed E-state index contributed by atoms with van der Waals surface area (Å²) in [4.78, 5) is 15.0. The molecule has 1 atom stereocenters. The van der Waals surface area contributed by atoms with E-state index >= 15 is 0 Å². The lowest BCUT2D eigenvalue weighted by atomic mass is 9.84. The Bertz CT molecular complexity index is 538. The van der Waals surface area contributed by atoms with Crippen LogP contribution in [0.25, 0.3) is 0 Å². The van der Waals surface area contributed by atoms with Crippen molar-refractivity contribution in [3.8, 4) is 0 Å². The van der Waals surface area contributed by atoms with E-state index in [1.54, 1.807) is 0 Å². The number of carbonyl (C=O) groups is 1. The van der Waals surface area contributed by atoms with Gasteiger partial charge in [-0.15, -0.1) is 0 Å². The molecule has 0 bridgehead atoms. The van der Waals surface area contributed by atoms with Crippen LogP contribution in [-0.4, -0.2) is 29.9 Å². The van der Waals surface area contributed by atoms with Gasteiger partial charge in [-0.25, -0.2) is 0 Å². The molecule has 1 saturated carbocycles. The molecule has 1 aromatic carbocycles. The number of nitrogens with one attached hydrogen (secondary N) is 1. The summed E-state index contributed by atoms with van der Waals surface area (Å²) >= 11 is 3.52. The lowest BCUT2D eigenvalue weighted by Gasteiger charge is -2.30.